The molecule has 0 fully saturated rings. The Bertz CT molecular complexity index is 665. The number of aryl methyl sites for hydroxylation is 1. The number of nitriles is 1. The molecule has 0 aliphatic carbocycles. The number of amides is 1. The van der Waals surface area contributed by atoms with Crippen molar-refractivity contribution in [2.75, 3.05) is 0 Å². The lowest BCUT2D eigenvalue weighted by Gasteiger charge is -2.26. The number of hydrogen-bond donors (Lipinski definition) is 0. The molecular weight excluding hydrogens is 280 g/mol. The predicted molar refractivity (Wildman–Crippen MR) is 85.2 cm³/mol. The van der Waals surface area contributed by atoms with Crippen molar-refractivity contribution < 1.29 is 4.79 Å². The second kappa shape index (κ2) is 6.55. The Balaban J connectivity index is 2.19. The lowest BCUT2D eigenvalue weighted by atomic mass is 10.1. The Hall–Kier alpha value is -2.12. The van der Waals surface area contributed by atoms with Crippen molar-refractivity contribution in [1.29, 1.82) is 5.26 Å². The molecule has 1 heterocycles. The largest absolute Gasteiger partial charge is 0.331 e. The number of thiophene rings is 1. The van der Waals surface area contributed by atoms with Gasteiger partial charge >= 0.3 is 0 Å². The van der Waals surface area contributed by atoms with Crippen LogP contribution in [0, 0.1) is 18.3 Å². The van der Waals surface area contributed by atoms with E-state index in [0.29, 0.717) is 12.1 Å². The zero-order chi connectivity index (χ0) is 15.4. The highest BCUT2D eigenvalue weighted by atomic mass is 32.1. The molecule has 0 radical (unpaired) electrons. The molecule has 2 aromatic rings. The summed E-state index contributed by atoms with van der Waals surface area (Å²) in [6.45, 7) is 6.59. The summed E-state index contributed by atoms with van der Waals surface area (Å²) in [4.78, 5) is 16.4. The number of nitrogens with zero attached hydrogens (tertiary/aromatic N) is 2. The third kappa shape index (κ3) is 3.71. The maximum absolute atomic E-state index is 12.6. The lowest BCUT2D eigenvalue weighted by molar-refractivity contribution is 0.0695. The highest BCUT2D eigenvalue weighted by Gasteiger charge is 2.20. The molecule has 0 bridgehead atoms. The van der Waals surface area contributed by atoms with Crippen LogP contribution in [0.4, 0.5) is 0 Å². The van der Waals surface area contributed by atoms with Crippen LogP contribution >= 0.6 is 11.3 Å². The van der Waals surface area contributed by atoms with Crippen molar-refractivity contribution in [2.24, 2.45) is 0 Å². The van der Waals surface area contributed by atoms with Crippen molar-refractivity contribution in [2.45, 2.75) is 33.4 Å². The zero-order valence-electron chi connectivity index (χ0n) is 12.5. The normalized spacial score (nSPS) is 10.4. The van der Waals surface area contributed by atoms with Crippen LogP contribution in [-0.4, -0.2) is 16.8 Å². The first-order chi connectivity index (χ1) is 10.0. The summed E-state index contributed by atoms with van der Waals surface area (Å²) in [6.07, 6.45) is 0. The first kappa shape index (κ1) is 15.3. The van der Waals surface area contributed by atoms with E-state index in [1.807, 2.05) is 49.9 Å². The van der Waals surface area contributed by atoms with Gasteiger partial charge in [-0.1, -0.05) is 12.1 Å². The predicted octanol–water partition coefficient (Wildman–Crippen LogP) is 3.98. The van der Waals surface area contributed by atoms with Gasteiger partial charge in [0.2, 0.25) is 0 Å². The Morgan fingerprint density at radius 1 is 1.24 bits per heavy atom. The van der Waals surface area contributed by atoms with E-state index < -0.39 is 0 Å². The Morgan fingerprint density at radius 3 is 2.38 bits per heavy atom. The van der Waals surface area contributed by atoms with E-state index in [9.17, 15) is 4.79 Å². The van der Waals surface area contributed by atoms with Crippen LogP contribution in [0.1, 0.15) is 39.5 Å². The van der Waals surface area contributed by atoms with Gasteiger partial charge in [0.05, 0.1) is 16.5 Å². The monoisotopic (exact) mass is 298 g/mol. The van der Waals surface area contributed by atoms with E-state index in [1.54, 1.807) is 12.1 Å². The highest BCUT2D eigenvalue weighted by molar-refractivity contribution is 7.13. The van der Waals surface area contributed by atoms with Crippen LogP contribution in [0.3, 0.4) is 0 Å². The van der Waals surface area contributed by atoms with Crippen LogP contribution in [0.2, 0.25) is 0 Å². The summed E-state index contributed by atoms with van der Waals surface area (Å²) in [5.74, 6) is 0.0625. The molecule has 0 N–H and O–H groups in total. The molecule has 2 rings (SSSR count). The van der Waals surface area contributed by atoms with Crippen molar-refractivity contribution in [3.05, 3.63) is 57.3 Å². The molecule has 0 saturated heterocycles. The molecule has 0 aliphatic rings. The Kier molecular flexibility index (Phi) is 4.77. The summed E-state index contributed by atoms with van der Waals surface area (Å²) in [6, 6.07) is 13.5. The molecule has 3 nitrogen and oxygen atoms in total. The average molecular weight is 298 g/mol. The molecule has 1 aromatic carbocycles. The van der Waals surface area contributed by atoms with Crippen molar-refractivity contribution in [3.63, 3.8) is 0 Å². The summed E-state index contributed by atoms with van der Waals surface area (Å²) in [5.41, 5.74) is 1.67. The van der Waals surface area contributed by atoms with Gasteiger partial charge in [0.15, 0.2) is 0 Å². The molecule has 0 aliphatic heterocycles. The standard InChI is InChI=1S/C17H18N2OS/c1-12(2)19(17(20)16-9-4-13(3)21-16)11-15-7-5-14(10-18)6-8-15/h4-9,12H,11H2,1-3H3. The fraction of sp³-hybridized carbons (Fsp3) is 0.294. The molecule has 4 heteroatoms. The third-order valence-electron chi connectivity index (χ3n) is 3.27. The number of benzene rings is 1. The van der Waals surface area contributed by atoms with Crippen LogP contribution < -0.4 is 0 Å². The van der Waals surface area contributed by atoms with Gasteiger partial charge in [0, 0.05) is 17.5 Å². The number of hydrogen-bond acceptors (Lipinski definition) is 3. The molecule has 21 heavy (non-hydrogen) atoms. The van der Waals surface area contributed by atoms with Crippen LogP contribution in [-0.2, 0) is 6.54 Å². The number of carbonyl (C=O) groups is 1. The first-order valence-corrected chi connectivity index (χ1v) is 7.69. The summed E-state index contributed by atoms with van der Waals surface area (Å²) < 4.78 is 0. The topological polar surface area (TPSA) is 44.1 Å². The minimum absolute atomic E-state index is 0.0625. The molecule has 1 amide bonds. The quantitative estimate of drug-likeness (QED) is 0.857. The van der Waals surface area contributed by atoms with E-state index in [0.717, 1.165) is 15.3 Å². The highest BCUT2D eigenvalue weighted by Crippen LogP contribution is 2.20. The smallest absolute Gasteiger partial charge is 0.264 e. The average Bonchev–Trinajstić information content (AvgIpc) is 2.91. The minimum atomic E-state index is 0.0625. The third-order valence-corrected chi connectivity index (χ3v) is 4.26. The van der Waals surface area contributed by atoms with Gasteiger partial charge < -0.3 is 4.90 Å². The minimum Gasteiger partial charge on any atom is -0.331 e. The molecule has 1 aromatic heterocycles. The van der Waals surface area contributed by atoms with E-state index in [-0.39, 0.29) is 11.9 Å². The number of rotatable bonds is 4. The van der Waals surface area contributed by atoms with Gasteiger partial charge in [-0.2, -0.15) is 5.26 Å². The van der Waals surface area contributed by atoms with Crippen molar-refractivity contribution in [3.8, 4) is 6.07 Å². The van der Waals surface area contributed by atoms with Gasteiger partial charge in [-0.05, 0) is 50.6 Å². The fourth-order valence-corrected chi connectivity index (χ4v) is 2.88. The zero-order valence-corrected chi connectivity index (χ0v) is 13.3. The molecule has 0 unspecified atom stereocenters. The summed E-state index contributed by atoms with van der Waals surface area (Å²) >= 11 is 1.52. The molecule has 0 spiro atoms. The van der Waals surface area contributed by atoms with Crippen molar-refractivity contribution in [1.82, 2.24) is 4.90 Å². The van der Waals surface area contributed by atoms with Gasteiger partial charge in [0.1, 0.15) is 0 Å². The van der Waals surface area contributed by atoms with Crippen molar-refractivity contribution >= 4 is 17.2 Å². The fourth-order valence-electron chi connectivity index (χ4n) is 2.06. The first-order valence-electron chi connectivity index (χ1n) is 6.87. The van der Waals surface area contributed by atoms with E-state index in [1.165, 1.54) is 11.3 Å². The molecule has 0 atom stereocenters. The van der Waals surface area contributed by atoms with Crippen LogP contribution in [0.25, 0.3) is 0 Å². The lowest BCUT2D eigenvalue weighted by Crippen LogP contribution is -2.35. The summed E-state index contributed by atoms with van der Waals surface area (Å²) in [5, 5.41) is 8.82. The second-order valence-corrected chi connectivity index (χ2v) is 6.53. The van der Waals surface area contributed by atoms with E-state index >= 15 is 0 Å². The molecule has 108 valence electrons. The molecular formula is C17H18N2OS. The Morgan fingerprint density at radius 2 is 1.90 bits per heavy atom. The van der Waals surface area contributed by atoms with Gasteiger partial charge in [-0.25, -0.2) is 0 Å². The van der Waals surface area contributed by atoms with Gasteiger partial charge in [-0.15, -0.1) is 11.3 Å². The SMILES string of the molecule is Cc1ccc(C(=O)N(Cc2ccc(C#N)cc2)C(C)C)s1. The van der Waals surface area contributed by atoms with E-state index in [4.69, 9.17) is 5.26 Å². The van der Waals surface area contributed by atoms with Gasteiger partial charge in [-0.3, -0.25) is 4.79 Å². The number of carbonyl (C=O) groups excluding carboxylic acids is 1. The summed E-state index contributed by atoms with van der Waals surface area (Å²) in [7, 11) is 0. The molecule has 0 saturated carbocycles. The van der Waals surface area contributed by atoms with Crippen LogP contribution in [0.15, 0.2) is 36.4 Å². The van der Waals surface area contributed by atoms with Gasteiger partial charge in [0.25, 0.3) is 5.91 Å². The maximum Gasteiger partial charge on any atom is 0.264 e. The maximum atomic E-state index is 12.6. The van der Waals surface area contributed by atoms with Crippen LogP contribution in [0.5, 0.6) is 0 Å². The van der Waals surface area contributed by atoms with E-state index in [2.05, 4.69) is 6.07 Å². The Labute approximate surface area is 129 Å². The second-order valence-electron chi connectivity index (χ2n) is 5.25.